The van der Waals surface area contributed by atoms with Gasteiger partial charge in [0.15, 0.2) is 0 Å². The molecular formula is C19H23N3O3. The Morgan fingerprint density at radius 1 is 1.12 bits per heavy atom. The average molecular weight is 341 g/mol. The zero-order valence-corrected chi connectivity index (χ0v) is 14.4. The minimum atomic E-state index is -0.478. The number of amides is 3. The maximum absolute atomic E-state index is 12.2. The third-order valence-corrected chi connectivity index (χ3v) is 3.83. The van der Waals surface area contributed by atoms with Crippen LogP contribution in [0.3, 0.4) is 0 Å². The van der Waals surface area contributed by atoms with Crippen LogP contribution in [0.1, 0.15) is 24.1 Å². The largest absolute Gasteiger partial charge is 0.394 e. The lowest BCUT2D eigenvalue weighted by atomic mass is 10.1. The van der Waals surface area contributed by atoms with Crippen LogP contribution in [0.25, 0.3) is 0 Å². The van der Waals surface area contributed by atoms with Gasteiger partial charge in [-0.1, -0.05) is 42.5 Å². The molecule has 0 saturated carbocycles. The lowest BCUT2D eigenvalue weighted by Gasteiger charge is -2.18. The molecule has 0 bridgehead atoms. The van der Waals surface area contributed by atoms with Crippen molar-refractivity contribution in [1.82, 2.24) is 10.2 Å². The van der Waals surface area contributed by atoms with Crippen LogP contribution in [0.4, 0.5) is 10.5 Å². The summed E-state index contributed by atoms with van der Waals surface area (Å²) in [6, 6.07) is 15.7. The summed E-state index contributed by atoms with van der Waals surface area (Å²) in [6.45, 7) is 1.78. The minimum Gasteiger partial charge on any atom is -0.394 e. The van der Waals surface area contributed by atoms with E-state index in [1.807, 2.05) is 48.5 Å². The van der Waals surface area contributed by atoms with Crippen molar-refractivity contribution in [2.24, 2.45) is 0 Å². The van der Waals surface area contributed by atoms with Crippen molar-refractivity contribution in [2.45, 2.75) is 19.5 Å². The van der Waals surface area contributed by atoms with Gasteiger partial charge in [0.05, 0.1) is 12.6 Å². The van der Waals surface area contributed by atoms with E-state index in [1.165, 1.54) is 6.92 Å². The van der Waals surface area contributed by atoms with Crippen molar-refractivity contribution in [3.8, 4) is 0 Å². The number of aliphatic hydroxyl groups is 1. The topological polar surface area (TPSA) is 81.7 Å². The van der Waals surface area contributed by atoms with Gasteiger partial charge in [0.25, 0.3) is 0 Å². The normalized spacial score (nSPS) is 11.5. The van der Waals surface area contributed by atoms with Crippen molar-refractivity contribution in [1.29, 1.82) is 0 Å². The maximum Gasteiger partial charge on any atom is 0.319 e. The minimum absolute atomic E-state index is 0.0234. The number of carbonyl (C=O) groups excluding carboxylic acids is 2. The molecule has 0 aromatic heterocycles. The van der Waals surface area contributed by atoms with Gasteiger partial charge in [-0.3, -0.25) is 4.79 Å². The number of anilines is 1. The Kier molecular flexibility index (Phi) is 6.54. The molecule has 3 amide bonds. The Morgan fingerprint density at radius 2 is 1.84 bits per heavy atom. The first-order valence-corrected chi connectivity index (χ1v) is 8.03. The molecule has 1 atom stereocenters. The lowest BCUT2D eigenvalue weighted by molar-refractivity contribution is -0.128. The van der Waals surface area contributed by atoms with Gasteiger partial charge in [0.2, 0.25) is 5.91 Å². The van der Waals surface area contributed by atoms with Crippen LogP contribution >= 0.6 is 0 Å². The highest BCUT2D eigenvalue weighted by Crippen LogP contribution is 2.14. The van der Waals surface area contributed by atoms with Gasteiger partial charge < -0.3 is 20.6 Å². The summed E-state index contributed by atoms with van der Waals surface area (Å²) in [5.41, 5.74) is 2.37. The predicted molar refractivity (Wildman–Crippen MR) is 97.0 cm³/mol. The highest BCUT2D eigenvalue weighted by molar-refractivity contribution is 5.89. The fraction of sp³-hybridized carbons (Fsp3) is 0.263. The second-order valence-corrected chi connectivity index (χ2v) is 5.82. The predicted octanol–water partition coefficient (Wildman–Crippen LogP) is 2.52. The van der Waals surface area contributed by atoms with Crippen molar-refractivity contribution in [3.05, 3.63) is 65.7 Å². The quantitative estimate of drug-likeness (QED) is 0.755. The summed E-state index contributed by atoms with van der Waals surface area (Å²) in [7, 11) is 1.72. The Labute approximate surface area is 147 Å². The van der Waals surface area contributed by atoms with Crippen LogP contribution < -0.4 is 10.6 Å². The molecule has 0 aliphatic rings. The van der Waals surface area contributed by atoms with E-state index in [-0.39, 0.29) is 12.5 Å². The van der Waals surface area contributed by atoms with Gasteiger partial charge in [0.1, 0.15) is 0 Å². The Balaban J connectivity index is 1.99. The highest BCUT2D eigenvalue weighted by atomic mass is 16.3. The zero-order valence-electron chi connectivity index (χ0n) is 14.4. The number of carbonyl (C=O) groups is 2. The molecule has 0 aliphatic carbocycles. The average Bonchev–Trinajstić information content (AvgIpc) is 2.60. The van der Waals surface area contributed by atoms with E-state index in [0.29, 0.717) is 12.2 Å². The molecule has 2 rings (SSSR count). The molecule has 6 nitrogen and oxygen atoms in total. The Hall–Kier alpha value is -2.86. The molecule has 2 aromatic carbocycles. The Bertz CT molecular complexity index is 719. The summed E-state index contributed by atoms with van der Waals surface area (Å²) >= 11 is 0. The molecule has 0 radical (unpaired) electrons. The second kappa shape index (κ2) is 8.84. The number of urea groups is 1. The second-order valence-electron chi connectivity index (χ2n) is 5.82. The zero-order chi connectivity index (χ0) is 18.2. The standard InChI is InChI=1S/C19H23N3O3/c1-14(24)22(2)12-15-7-6-10-17(11-15)20-19(25)21-18(13-23)16-8-4-3-5-9-16/h3-11,18,23H,12-13H2,1-2H3,(H2,20,21,25)/t18-/m1/s1. The summed E-state index contributed by atoms with van der Waals surface area (Å²) in [5, 5.41) is 15.0. The van der Waals surface area contributed by atoms with E-state index in [4.69, 9.17) is 0 Å². The highest BCUT2D eigenvalue weighted by Gasteiger charge is 2.13. The number of nitrogens with zero attached hydrogens (tertiary/aromatic N) is 1. The van der Waals surface area contributed by atoms with Crippen molar-refractivity contribution in [3.63, 3.8) is 0 Å². The maximum atomic E-state index is 12.2. The molecule has 25 heavy (non-hydrogen) atoms. The number of aliphatic hydroxyl groups excluding tert-OH is 1. The third kappa shape index (κ3) is 5.61. The summed E-state index contributed by atoms with van der Waals surface area (Å²) in [4.78, 5) is 25.1. The van der Waals surface area contributed by atoms with Crippen LogP contribution in [0, 0.1) is 0 Å². The van der Waals surface area contributed by atoms with Crippen LogP contribution in [0.2, 0.25) is 0 Å². The molecule has 0 unspecified atom stereocenters. The van der Waals surface area contributed by atoms with Gasteiger partial charge >= 0.3 is 6.03 Å². The first-order chi connectivity index (χ1) is 12.0. The SMILES string of the molecule is CC(=O)N(C)Cc1cccc(NC(=O)N[C@H](CO)c2ccccc2)c1. The molecule has 0 heterocycles. The van der Waals surface area contributed by atoms with Crippen molar-refractivity contribution >= 4 is 17.6 Å². The van der Waals surface area contributed by atoms with Crippen LogP contribution in [0.15, 0.2) is 54.6 Å². The summed E-state index contributed by atoms with van der Waals surface area (Å²) in [6.07, 6.45) is 0. The van der Waals surface area contributed by atoms with Gasteiger partial charge in [-0.15, -0.1) is 0 Å². The fourth-order valence-electron chi connectivity index (χ4n) is 2.38. The van der Waals surface area contributed by atoms with Crippen LogP contribution in [-0.4, -0.2) is 35.6 Å². The first-order valence-electron chi connectivity index (χ1n) is 8.03. The Morgan fingerprint density at radius 3 is 2.48 bits per heavy atom. The van der Waals surface area contributed by atoms with Crippen LogP contribution in [-0.2, 0) is 11.3 Å². The number of rotatable bonds is 6. The molecule has 6 heteroatoms. The van der Waals surface area contributed by atoms with Gasteiger partial charge in [-0.2, -0.15) is 0 Å². The van der Waals surface area contributed by atoms with E-state index in [1.54, 1.807) is 18.0 Å². The molecule has 0 fully saturated rings. The first kappa shape index (κ1) is 18.5. The molecular weight excluding hydrogens is 318 g/mol. The fourth-order valence-corrected chi connectivity index (χ4v) is 2.38. The van der Waals surface area contributed by atoms with E-state index >= 15 is 0 Å². The van der Waals surface area contributed by atoms with Crippen LogP contribution in [0.5, 0.6) is 0 Å². The smallest absolute Gasteiger partial charge is 0.319 e. The number of hydrogen-bond donors (Lipinski definition) is 3. The van der Waals surface area contributed by atoms with E-state index < -0.39 is 12.1 Å². The van der Waals surface area contributed by atoms with Gasteiger partial charge in [0, 0.05) is 26.2 Å². The van der Waals surface area contributed by atoms with Gasteiger partial charge in [-0.25, -0.2) is 4.79 Å². The van der Waals surface area contributed by atoms with E-state index in [9.17, 15) is 14.7 Å². The molecule has 0 spiro atoms. The molecule has 2 aromatic rings. The van der Waals surface area contributed by atoms with Crippen molar-refractivity contribution in [2.75, 3.05) is 19.0 Å². The third-order valence-electron chi connectivity index (χ3n) is 3.83. The lowest BCUT2D eigenvalue weighted by Crippen LogP contribution is -2.34. The van der Waals surface area contributed by atoms with Crippen molar-refractivity contribution < 1.29 is 14.7 Å². The van der Waals surface area contributed by atoms with E-state index in [2.05, 4.69) is 10.6 Å². The molecule has 0 aliphatic heterocycles. The number of hydrogen-bond acceptors (Lipinski definition) is 3. The molecule has 132 valence electrons. The summed E-state index contributed by atoms with van der Waals surface area (Å²) in [5.74, 6) is -0.0234. The number of nitrogens with one attached hydrogen (secondary N) is 2. The van der Waals surface area contributed by atoms with E-state index in [0.717, 1.165) is 11.1 Å². The summed E-state index contributed by atoms with van der Waals surface area (Å²) < 4.78 is 0. The number of benzene rings is 2. The molecule has 3 N–H and O–H groups in total. The van der Waals surface area contributed by atoms with Gasteiger partial charge in [-0.05, 0) is 23.3 Å². The molecule has 0 saturated heterocycles. The monoisotopic (exact) mass is 341 g/mol.